The summed E-state index contributed by atoms with van der Waals surface area (Å²) < 4.78 is 25.6. The summed E-state index contributed by atoms with van der Waals surface area (Å²) in [5.74, 6) is 3.32. The lowest BCUT2D eigenvalue weighted by Gasteiger charge is -2.24. The highest BCUT2D eigenvalue weighted by Gasteiger charge is 2.33. The zero-order valence-electron chi connectivity index (χ0n) is 22.5. The van der Waals surface area contributed by atoms with Gasteiger partial charge in [0, 0.05) is 23.3 Å². The molecule has 0 unspecified atom stereocenters. The van der Waals surface area contributed by atoms with E-state index in [-0.39, 0.29) is 36.7 Å². The highest BCUT2D eigenvalue weighted by Crippen LogP contribution is 2.45. The van der Waals surface area contributed by atoms with Gasteiger partial charge in [0.2, 0.25) is 12.5 Å². The Hall–Kier alpha value is -3.78. The van der Waals surface area contributed by atoms with E-state index in [2.05, 4.69) is 89.6 Å². The first-order valence-corrected chi connectivity index (χ1v) is 13.4. The molecule has 202 valence electrons. The van der Waals surface area contributed by atoms with E-state index in [0.717, 1.165) is 47.8 Å². The molecule has 6 heteroatoms. The molecule has 2 aliphatic rings. The molecular formula is C34H30INO4. The van der Waals surface area contributed by atoms with E-state index in [0.29, 0.717) is 0 Å². The van der Waals surface area contributed by atoms with Crippen LogP contribution in [0.4, 0.5) is 0 Å². The number of halogens is 1. The van der Waals surface area contributed by atoms with Crippen molar-refractivity contribution < 1.29 is 47.5 Å². The van der Waals surface area contributed by atoms with Crippen LogP contribution in [0.15, 0.2) is 91.1 Å². The van der Waals surface area contributed by atoms with Crippen molar-refractivity contribution in [1.29, 1.82) is 0 Å². The number of aromatic nitrogens is 1. The first-order valence-electron chi connectivity index (χ1n) is 13.4. The van der Waals surface area contributed by atoms with Crippen LogP contribution < -0.4 is 47.5 Å². The van der Waals surface area contributed by atoms with Crippen molar-refractivity contribution in [3.8, 4) is 34.3 Å². The number of ether oxygens (including phenoxy) is 4. The lowest BCUT2D eigenvalue weighted by Crippen LogP contribution is -3.00. The molecule has 40 heavy (non-hydrogen) atoms. The quantitative estimate of drug-likeness (QED) is 0.210. The molecule has 5 nitrogen and oxygen atoms in total. The largest absolute Gasteiger partial charge is 1.00 e. The Morgan fingerprint density at radius 3 is 2.12 bits per heavy atom. The second-order valence-electron chi connectivity index (χ2n) is 10.1. The second kappa shape index (κ2) is 11.0. The van der Waals surface area contributed by atoms with E-state index in [1.807, 2.05) is 6.07 Å². The van der Waals surface area contributed by atoms with Gasteiger partial charge in [0.15, 0.2) is 35.7 Å². The van der Waals surface area contributed by atoms with Gasteiger partial charge in [-0.05, 0) is 47.4 Å². The molecule has 0 radical (unpaired) electrons. The Balaban J connectivity index is 0.00000289. The molecular weight excluding hydrogens is 613 g/mol. The fourth-order valence-corrected chi connectivity index (χ4v) is 6.22. The van der Waals surface area contributed by atoms with Crippen molar-refractivity contribution in [3.05, 3.63) is 113 Å². The fraction of sp³-hybridized carbons (Fsp3) is 0.206. The molecule has 0 fully saturated rings. The number of nitrogens with zero attached hydrogens (tertiary/aromatic N) is 1. The van der Waals surface area contributed by atoms with Gasteiger partial charge in [-0.1, -0.05) is 60.7 Å². The van der Waals surface area contributed by atoms with E-state index >= 15 is 0 Å². The molecule has 0 amide bonds. The first kappa shape index (κ1) is 26.4. The SMILES string of the molecule is COc1ccc2c(CC(c3ccccc3)c3ccccc3)c3[n+](cc2c1OC)CCc1cc2c(cc1-3)OCO2.[I-]. The molecule has 0 atom stereocenters. The van der Waals surface area contributed by atoms with Crippen molar-refractivity contribution in [1.82, 2.24) is 0 Å². The average molecular weight is 644 g/mol. The van der Waals surface area contributed by atoms with E-state index in [4.69, 9.17) is 18.9 Å². The summed E-state index contributed by atoms with van der Waals surface area (Å²) in [6, 6.07) is 30.1. The molecule has 4 aromatic carbocycles. The van der Waals surface area contributed by atoms with Crippen LogP contribution >= 0.6 is 0 Å². The standard InChI is InChI=1S/C34H30NO4.HI/c1-36-30-14-13-25-28(18-26(22-9-5-3-6-10-22)23-11-7-4-8-12-23)33-27-19-32-31(38-21-39-32)17-24(27)15-16-35(33)20-29(25)34(30)37-2;/h3-14,17,19-20,26H,15-16,18,21H2,1-2H3;1H/q+1;/p-1. The van der Waals surface area contributed by atoms with Gasteiger partial charge in [-0.3, -0.25) is 0 Å². The minimum absolute atomic E-state index is 0. The number of pyridine rings is 1. The second-order valence-corrected chi connectivity index (χ2v) is 10.1. The smallest absolute Gasteiger partial charge is 0.231 e. The van der Waals surface area contributed by atoms with Gasteiger partial charge < -0.3 is 42.9 Å². The summed E-state index contributed by atoms with van der Waals surface area (Å²) in [7, 11) is 3.41. The topological polar surface area (TPSA) is 40.8 Å². The lowest BCUT2D eigenvalue weighted by molar-refractivity contribution is -0.686. The van der Waals surface area contributed by atoms with Crippen molar-refractivity contribution >= 4 is 10.8 Å². The molecule has 0 N–H and O–H groups in total. The van der Waals surface area contributed by atoms with Gasteiger partial charge >= 0.3 is 0 Å². The Morgan fingerprint density at radius 2 is 1.48 bits per heavy atom. The monoisotopic (exact) mass is 643 g/mol. The zero-order chi connectivity index (χ0) is 26.3. The molecule has 2 aliphatic heterocycles. The summed E-state index contributed by atoms with van der Waals surface area (Å²) in [4.78, 5) is 0. The van der Waals surface area contributed by atoms with Crippen LogP contribution in [0.2, 0.25) is 0 Å². The maximum atomic E-state index is 5.92. The van der Waals surface area contributed by atoms with Gasteiger partial charge in [-0.25, -0.2) is 0 Å². The normalized spacial score (nSPS) is 13.0. The number of rotatable bonds is 6. The van der Waals surface area contributed by atoms with Crippen LogP contribution in [0.3, 0.4) is 0 Å². The van der Waals surface area contributed by atoms with Gasteiger partial charge in [0.05, 0.1) is 25.2 Å². The van der Waals surface area contributed by atoms with Gasteiger partial charge in [-0.15, -0.1) is 0 Å². The van der Waals surface area contributed by atoms with Gasteiger partial charge in [0.1, 0.15) is 0 Å². The predicted molar refractivity (Wildman–Crippen MR) is 151 cm³/mol. The first-order chi connectivity index (χ1) is 19.2. The molecule has 0 saturated heterocycles. The summed E-state index contributed by atoms with van der Waals surface area (Å²) in [6.07, 6.45) is 3.97. The lowest BCUT2D eigenvalue weighted by atomic mass is 9.82. The van der Waals surface area contributed by atoms with Crippen LogP contribution in [0.25, 0.3) is 22.0 Å². The minimum atomic E-state index is 0. The molecule has 0 saturated carbocycles. The molecule has 3 heterocycles. The Kier molecular flexibility index (Phi) is 7.27. The van der Waals surface area contributed by atoms with Crippen molar-refractivity contribution in [3.63, 3.8) is 0 Å². The highest BCUT2D eigenvalue weighted by molar-refractivity contribution is 5.95. The highest BCUT2D eigenvalue weighted by atomic mass is 127. The number of aryl methyl sites for hydroxylation is 2. The Labute approximate surface area is 251 Å². The Morgan fingerprint density at radius 1 is 0.800 bits per heavy atom. The number of fused-ring (bicyclic) bond motifs is 5. The van der Waals surface area contributed by atoms with Crippen LogP contribution in [-0.2, 0) is 19.4 Å². The third-order valence-electron chi connectivity index (χ3n) is 8.05. The summed E-state index contributed by atoms with van der Waals surface area (Å²) >= 11 is 0. The predicted octanol–water partition coefficient (Wildman–Crippen LogP) is 3.47. The molecule has 7 rings (SSSR count). The van der Waals surface area contributed by atoms with Gasteiger partial charge in [0.25, 0.3) is 0 Å². The van der Waals surface area contributed by atoms with Crippen LogP contribution in [0.1, 0.15) is 28.2 Å². The molecule has 1 aromatic heterocycles. The number of hydrogen-bond acceptors (Lipinski definition) is 4. The fourth-order valence-electron chi connectivity index (χ4n) is 6.22. The van der Waals surface area contributed by atoms with E-state index in [9.17, 15) is 0 Å². The van der Waals surface area contributed by atoms with Crippen molar-refractivity contribution in [2.45, 2.75) is 25.3 Å². The van der Waals surface area contributed by atoms with Crippen LogP contribution in [-0.4, -0.2) is 21.0 Å². The van der Waals surface area contributed by atoms with Crippen molar-refractivity contribution in [2.24, 2.45) is 0 Å². The average Bonchev–Trinajstić information content (AvgIpc) is 3.45. The van der Waals surface area contributed by atoms with Crippen LogP contribution in [0, 0.1) is 0 Å². The molecule has 0 spiro atoms. The number of hydrogen-bond donors (Lipinski definition) is 0. The minimum Gasteiger partial charge on any atom is -1.00 e. The van der Waals surface area contributed by atoms with Crippen LogP contribution in [0.5, 0.6) is 23.0 Å². The number of benzene rings is 4. The van der Waals surface area contributed by atoms with Gasteiger partial charge in [-0.2, -0.15) is 4.57 Å². The summed E-state index contributed by atoms with van der Waals surface area (Å²) in [5.41, 5.74) is 7.59. The molecule has 0 bridgehead atoms. The molecule has 5 aromatic rings. The molecule has 0 aliphatic carbocycles. The summed E-state index contributed by atoms with van der Waals surface area (Å²) in [5, 5.41) is 2.22. The third kappa shape index (κ3) is 4.44. The van der Waals surface area contributed by atoms with E-state index in [1.165, 1.54) is 38.9 Å². The Bertz CT molecular complexity index is 1650. The van der Waals surface area contributed by atoms with E-state index in [1.54, 1.807) is 14.2 Å². The summed E-state index contributed by atoms with van der Waals surface area (Å²) in [6.45, 7) is 1.14. The van der Waals surface area contributed by atoms with E-state index < -0.39 is 0 Å². The maximum Gasteiger partial charge on any atom is 0.231 e. The number of methoxy groups -OCH3 is 2. The van der Waals surface area contributed by atoms with Crippen molar-refractivity contribution in [2.75, 3.05) is 21.0 Å². The third-order valence-corrected chi connectivity index (χ3v) is 8.05. The maximum absolute atomic E-state index is 5.92. The zero-order valence-corrected chi connectivity index (χ0v) is 24.7.